The van der Waals surface area contributed by atoms with Crippen molar-refractivity contribution in [3.63, 3.8) is 0 Å². The molecule has 1 saturated heterocycles. The van der Waals surface area contributed by atoms with Gasteiger partial charge in [0.1, 0.15) is 12.1 Å². The summed E-state index contributed by atoms with van der Waals surface area (Å²) in [5, 5.41) is 0. The minimum atomic E-state index is 0.0994. The normalized spacial score (nSPS) is 15.4. The third kappa shape index (κ3) is 2.77. The molecule has 23 heavy (non-hydrogen) atoms. The van der Waals surface area contributed by atoms with Crippen LogP contribution in [0.4, 0.5) is 6.01 Å². The van der Waals surface area contributed by atoms with Crippen LogP contribution in [0.1, 0.15) is 5.56 Å². The molecule has 3 aromatic rings. The van der Waals surface area contributed by atoms with Gasteiger partial charge < -0.3 is 14.2 Å². The molecule has 0 spiro atoms. The maximum atomic E-state index is 12.4. The molecule has 1 aliphatic heterocycles. The van der Waals surface area contributed by atoms with Crippen molar-refractivity contribution in [2.45, 2.75) is 6.54 Å². The second-order valence-corrected chi connectivity index (χ2v) is 5.69. The van der Waals surface area contributed by atoms with Crippen molar-refractivity contribution >= 4 is 23.0 Å². The van der Waals surface area contributed by atoms with E-state index < -0.39 is 0 Å². The molecule has 4 rings (SSSR count). The van der Waals surface area contributed by atoms with Crippen LogP contribution in [0, 0.1) is 0 Å². The molecule has 0 saturated carbocycles. The van der Waals surface area contributed by atoms with Crippen LogP contribution in [0.3, 0.4) is 0 Å². The van der Waals surface area contributed by atoms with E-state index in [1.54, 1.807) is 0 Å². The molecule has 2 aromatic carbocycles. The smallest absolute Gasteiger partial charge is 0.298 e. The Balaban J connectivity index is 1.47. The third-order valence-electron chi connectivity index (χ3n) is 4.09. The van der Waals surface area contributed by atoms with Gasteiger partial charge in [-0.05, 0) is 17.7 Å². The molecule has 5 heteroatoms. The highest BCUT2D eigenvalue weighted by Gasteiger charge is 2.26. The number of anilines is 1. The number of oxazole rings is 1. The van der Waals surface area contributed by atoms with Crippen molar-refractivity contribution in [2.75, 3.05) is 24.5 Å². The van der Waals surface area contributed by atoms with Gasteiger partial charge in [0.25, 0.3) is 6.01 Å². The fourth-order valence-corrected chi connectivity index (χ4v) is 2.84. The van der Waals surface area contributed by atoms with Crippen molar-refractivity contribution in [1.29, 1.82) is 0 Å². The predicted octanol–water partition coefficient (Wildman–Crippen LogP) is 2.68. The largest absolute Gasteiger partial charge is 0.423 e. The van der Waals surface area contributed by atoms with Crippen molar-refractivity contribution in [3.8, 4) is 0 Å². The Bertz CT molecular complexity index is 795. The van der Waals surface area contributed by atoms with Crippen LogP contribution in [0.15, 0.2) is 59.0 Å². The number of benzene rings is 2. The van der Waals surface area contributed by atoms with Gasteiger partial charge in [-0.25, -0.2) is 0 Å². The Morgan fingerprint density at radius 3 is 2.57 bits per heavy atom. The first-order valence-electron chi connectivity index (χ1n) is 7.72. The number of carbonyl (C=O) groups is 1. The van der Waals surface area contributed by atoms with E-state index in [1.165, 1.54) is 0 Å². The average molecular weight is 307 g/mol. The molecule has 2 heterocycles. The number of hydrogen-bond donors (Lipinski definition) is 0. The molecule has 1 fully saturated rings. The van der Waals surface area contributed by atoms with Crippen LogP contribution in [-0.4, -0.2) is 35.4 Å². The predicted molar refractivity (Wildman–Crippen MR) is 88.1 cm³/mol. The Morgan fingerprint density at radius 1 is 1.00 bits per heavy atom. The first kappa shape index (κ1) is 13.8. The lowest BCUT2D eigenvalue weighted by Gasteiger charge is -2.33. The number of carbonyl (C=O) groups excluding carboxylic acids is 1. The van der Waals surface area contributed by atoms with Crippen molar-refractivity contribution in [1.82, 2.24) is 9.88 Å². The number of para-hydroxylation sites is 2. The minimum Gasteiger partial charge on any atom is -0.423 e. The second kappa shape index (κ2) is 5.76. The van der Waals surface area contributed by atoms with Crippen LogP contribution in [0.5, 0.6) is 0 Å². The molecule has 1 aromatic heterocycles. The zero-order chi connectivity index (χ0) is 15.6. The van der Waals surface area contributed by atoms with E-state index in [4.69, 9.17) is 4.42 Å². The number of piperazine rings is 1. The number of aromatic nitrogens is 1. The van der Waals surface area contributed by atoms with Gasteiger partial charge in [0.2, 0.25) is 5.91 Å². The molecule has 0 atom stereocenters. The first-order chi connectivity index (χ1) is 11.3. The van der Waals surface area contributed by atoms with E-state index in [-0.39, 0.29) is 5.91 Å². The van der Waals surface area contributed by atoms with E-state index in [0.717, 1.165) is 23.2 Å². The van der Waals surface area contributed by atoms with Gasteiger partial charge in [-0.2, -0.15) is 4.98 Å². The highest BCUT2D eigenvalue weighted by molar-refractivity contribution is 5.83. The van der Waals surface area contributed by atoms with Gasteiger partial charge in [-0.15, -0.1) is 0 Å². The molecule has 1 aliphatic rings. The molecule has 0 radical (unpaired) electrons. The highest BCUT2D eigenvalue weighted by atomic mass is 16.4. The highest BCUT2D eigenvalue weighted by Crippen LogP contribution is 2.23. The maximum Gasteiger partial charge on any atom is 0.298 e. The third-order valence-corrected chi connectivity index (χ3v) is 4.09. The summed E-state index contributed by atoms with van der Waals surface area (Å²) in [4.78, 5) is 20.7. The summed E-state index contributed by atoms with van der Waals surface area (Å²) >= 11 is 0. The number of hydrogen-bond acceptors (Lipinski definition) is 4. The summed E-state index contributed by atoms with van der Waals surface area (Å²) in [6, 6.07) is 18.2. The van der Waals surface area contributed by atoms with Crippen molar-refractivity contribution in [2.24, 2.45) is 0 Å². The molecule has 5 nitrogen and oxygen atoms in total. The summed E-state index contributed by atoms with van der Waals surface area (Å²) in [6.07, 6.45) is 0. The van der Waals surface area contributed by atoms with Crippen LogP contribution in [0.2, 0.25) is 0 Å². The van der Waals surface area contributed by atoms with Crippen LogP contribution >= 0.6 is 0 Å². The van der Waals surface area contributed by atoms with Gasteiger partial charge in [0.05, 0.1) is 0 Å². The summed E-state index contributed by atoms with van der Waals surface area (Å²) in [6.45, 7) is 2.36. The standard InChI is InChI=1S/C18H17N3O2/c22-17-13-21(18-19-15-8-4-5-9-16(15)23-18)11-10-20(17)12-14-6-2-1-3-7-14/h1-9H,10-13H2. The van der Waals surface area contributed by atoms with Crippen LogP contribution < -0.4 is 4.90 Å². The van der Waals surface area contributed by atoms with E-state index in [9.17, 15) is 4.79 Å². The SMILES string of the molecule is O=C1CN(c2nc3ccccc3o2)CCN1Cc1ccccc1. The first-order valence-corrected chi connectivity index (χ1v) is 7.72. The van der Waals surface area contributed by atoms with E-state index in [2.05, 4.69) is 4.98 Å². The Labute approximate surface area is 134 Å². The van der Waals surface area contributed by atoms with E-state index >= 15 is 0 Å². The van der Waals surface area contributed by atoms with Crippen LogP contribution in [-0.2, 0) is 11.3 Å². The fraction of sp³-hybridized carbons (Fsp3) is 0.222. The second-order valence-electron chi connectivity index (χ2n) is 5.69. The zero-order valence-corrected chi connectivity index (χ0v) is 12.7. The van der Waals surface area contributed by atoms with Crippen LogP contribution in [0.25, 0.3) is 11.1 Å². The van der Waals surface area contributed by atoms with Gasteiger partial charge >= 0.3 is 0 Å². The summed E-state index contributed by atoms with van der Waals surface area (Å²) in [5.41, 5.74) is 2.72. The van der Waals surface area contributed by atoms with Gasteiger partial charge in [0, 0.05) is 19.6 Å². The quantitative estimate of drug-likeness (QED) is 0.746. The molecule has 1 amide bonds. The molecule has 116 valence electrons. The Kier molecular flexibility index (Phi) is 3.46. The molecule has 0 N–H and O–H groups in total. The molecule has 0 bridgehead atoms. The zero-order valence-electron chi connectivity index (χ0n) is 12.7. The monoisotopic (exact) mass is 307 g/mol. The lowest BCUT2D eigenvalue weighted by atomic mass is 10.2. The number of amides is 1. The Morgan fingerprint density at radius 2 is 1.78 bits per heavy atom. The summed E-state index contributed by atoms with van der Waals surface area (Å²) in [5.74, 6) is 0.0994. The number of rotatable bonds is 3. The number of fused-ring (bicyclic) bond motifs is 1. The van der Waals surface area contributed by atoms with E-state index in [1.807, 2.05) is 64.4 Å². The Hall–Kier alpha value is -2.82. The summed E-state index contributed by atoms with van der Waals surface area (Å²) < 4.78 is 5.75. The average Bonchev–Trinajstić information content (AvgIpc) is 3.02. The topological polar surface area (TPSA) is 49.6 Å². The van der Waals surface area contributed by atoms with E-state index in [0.29, 0.717) is 25.6 Å². The molecular formula is C18H17N3O2. The number of nitrogens with zero attached hydrogens (tertiary/aromatic N) is 3. The van der Waals surface area contributed by atoms with Crippen molar-refractivity contribution < 1.29 is 9.21 Å². The molecular weight excluding hydrogens is 290 g/mol. The molecule has 0 aliphatic carbocycles. The molecule has 0 unspecified atom stereocenters. The fourth-order valence-electron chi connectivity index (χ4n) is 2.84. The lowest BCUT2D eigenvalue weighted by Crippen LogP contribution is -2.50. The lowest BCUT2D eigenvalue weighted by molar-refractivity contribution is -0.131. The summed E-state index contributed by atoms with van der Waals surface area (Å²) in [7, 11) is 0. The van der Waals surface area contributed by atoms with Crippen molar-refractivity contribution in [3.05, 3.63) is 60.2 Å². The van der Waals surface area contributed by atoms with Gasteiger partial charge in [0.15, 0.2) is 5.58 Å². The van der Waals surface area contributed by atoms with Gasteiger partial charge in [-0.3, -0.25) is 4.79 Å². The van der Waals surface area contributed by atoms with Gasteiger partial charge in [-0.1, -0.05) is 42.5 Å². The maximum absolute atomic E-state index is 12.4. The minimum absolute atomic E-state index is 0.0994.